The molecule has 0 aromatic heterocycles. The van der Waals surface area contributed by atoms with Crippen molar-refractivity contribution in [3.63, 3.8) is 0 Å². The fraction of sp³-hybridized carbons (Fsp3) is 0.409. The van der Waals surface area contributed by atoms with Crippen LogP contribution in [-0.4, -0.2) is 28.2 Å². The van der Waals surface area contributed by atoms with Crippen molar-refractivity contribution in [2.45, 2.75) is 51.3 Å². The number of phenols is 1. The highest BCUT2D eigenvalue weighted by Gasteiger charge is 2.55. The topological polar surface area (TPSA) is 52.8 Å². The molecule has 1 aliphatic heterocycles. The van der Waals surface area contributed by atoms with Crippen LogP contribution in [0.4, 0.5) is 17.6 Å². The second kappa shape index (κ2) is 9.39. The molecule has 2 N–H and O–H groups in total. The Morgan fingerprint density at radius 1 is 1.27 bits per heavy atom. The molecule has 8 heteroatoms. The molecule has 0 bridgehead atoms. The smallest absolute Gasteiger partial charge is 0.417 e. The lowest BCUT2D eigenvalue weighted by Crippen LogP contribution is -2.48. The van der Waals surface area contributed by atoms with Crippen molar-refractivity contribution in [1.29, 1.82) is 0 Å². The minimum Gasteiger partial charge on any atom is -0.508 e. The monoisotopic (exact) mass is 443 g/mol. The summed E-state index contributed by atoms with van der Waals surface area (Å²) in [6.07, 6.45) is 2.34. The van der Waals surface area contributed by atoms with E-state index in [0.717, 1.165) is 18.2 Å². The van der Waals surface area contributed by atoms with Crippen LogP contribution < -0.4 is 0 Å². The van der Waals surface area contributed by atoms with Gasteiger partial charge in [0.1, 0.15) is 11.6 Å². The first-order valence-corrected chi connectivity index (χ1v) is 9.80. The number of rotatable bonds is 7. The lowest BCUT2D eigenvalue weighted by Gasteiger charge is -2.38. The maximum absolute atomic E-state index is 13.8. The number of allylic oxidation sites excluding steroid dienone is 4. The molecule has 1 aliphatic rings. The molecule has 0 radical (unpaired) electrons. The van der Waals surface area contributed by atoms with Gasteiger partial charge in [-0.1, -0.05) is 26.0 Å². The van der Waals surface area contributed by atoms with Gasteiger partial charge in [-0.25, -0.2) is 4.39 Å². The van der Waals surface area contributed by atoms with Gasteiger partial charge in [-0.2, -0.15) is 13.2 Å². The van der Waals surface area contributed by atoms with Gasteiger partial charge in [0.05, 0.1) is 0 Å². The highest BCUT2D eigenvalue weighted by molar-refractivity contribution is 7.84. The fourth-order valence-corrected chi connectivity index (χ4v) is 3.89. The zero-order valence-electron chi connectivity index (χ0n) is 16.7. The second-order valence-corrected chi connectivity index (χ2v) is 8.81. The normalized spacial score (nSPS) is 17.5. The van der Waals surface area contributed by atoms with E-state index in [4.69, 9.17) is 0 Å². The van der Waals surface area contributed by atoms with Crippen LogP contribution in [0.3, 0.4) is 0 Å². The van der Waals surface area contributed by atoms with Crippen LogP contribution in [0, 0.1) is 11.2 Å². The highest BCUT2D eigenvalue weighted by atomic mass is 32.1. The largest absolute Gasteiger partial charge is 0.508 e. The van der Waals surface area contributed by atoms with Crippen LogP contribution in [0.2, 0.25) is 0 Å². The number of thiol groups is 1. The van der Waals surface area contributed by atoms with Crippen molar-refractivity contribution < 1.29 is 27.8 Å². The van der Waals surface area contributed by atoms with Crippen molar-refractivity contribution in [2.75, 3.05) is 0 Å². The average Bonchev–Trinajstić information content (AvgIpc) is 2.84. The quantitative estimate of drug-likeness (QED) is 0.363. The SMILES string of the molecule is CC(C)(Cc1cc(F)ccc1O)CC(O)(C/C(S)=C/C1=CCC=CN=C1)C(F)(F)F. The molecule has 1 heterocycles. The van der Waals surface area contributed by atoms with Crippen molar-refractivity contribution in [1.82, 2.24) is 0 Å². The van der Waals surface area contributed by atoms with Gasteiger partial charge in [0.15, 0.2) is 5.60 Å². The van der Waals surface area contributed by atoms with Crippen molar-refractivity contribution >= 4 is 18.8 Å². The average molecular weight is 444 g/mol. The molecule has 3 nitrogen and oxygen atoms in total. The Bertz CT molecular complexity index is 888. The summed E-state index contributed by atoms with van der Waals surface area (Å²) in [5.41, 5.74) is -3.37. The molecule has 1 aromatic carbocycles. The van der Waals surface area contributed by atoms with Gasteiger partial charge in [0.25, 0.3) is 0 Å². The second-order valence-electron chi connectivity index (χ2n) is 8.24. The molecule has 0 saturated carbocycles. The first-order chi connectivity index (χ1) is 13.8. The molecule has 1 atom stereocenters. The first kappa shape index (κ1) is 24.2. The molecular formula is C22H25F4NO2S. The van der Waals surface area contributed by atoms with Crippen LogP contribution >= 0.6 is 12.6 Å². The first-order valence-electron chi connectivity index (χ1n) is 9.36. The number of aromatic hydroxyl groups is 1. The van der Waals surface area contributed by atoms with Crippen LogP contribution in [0.5, 0.6) is 5.75 Å². The standard InChI is InChI=1S/C22H25F4NO2S/c1-20(2,11-16-10-17(23)6-7-19(16)28)14-21(29,22(24,25)26)12-18(30)9-15-5-3-4-8-27-13-15/h4-10,13,28-30H,3,11-12,14H2,1-2H3/b18-9-. The Labute approximate surface area is 178 Å². The Kier molecular flexibility index (Phi) is 7.58. The Hall–Kier alpha value is -2.06. The number of nitrogens with zero attached hydrogens (tertiary/aromatic N) is 1. The molecule has 0 amide bonds. The zero-order valence-corrected chi connectivity index (χ0v) is 17.6. The van der Waals surface area contributed by atoms with E-state index in [-0.39, 0.29) is 22.6 Å². The van der Waals surface area contributed by atoms with E-state index >= 15 is 0 Å². The molecule has 0 spiro atoms. The van der Waals surface area contributed by atoms with Gasteiger partial charge in [0, 0.05) is 18.8 Å². The maximum Gasteiger partial charge on any atom is 0.417 e. The number of hydrogen-bond acceptors (Lipinski definition) is 4. The van der Waals surface area contributed by atoms with Gasteiger partial charge in [-0.15, -0.1) is 12.6 Å². The third-order valence-electron chi connectivity index (χ3n) is 4.72. The van der Waals surface area contributed by atoms with Crippen molar-refractivity contribution in [2.24, 2.45) is 10.4 Å². The van der Waals surface area contributed by atoms with E-state index in [2.05, 4.69) is 17.6 Å². The summed E-state index contributed by atoms with van der Waals surface area (Å²) in [7, 11) is 0. The van der Waals surface area contributed by atoms with E-state index in [1.807, 2.05) is 0 Å². The van der Waals surface area contributed by atoms with Crippen molar-refractivity contribution in [3.05, 3.63) is 64.5 Å². The molecule has 1 aromatic rings. The minimum atomic E-state index is -4.91. The lowest BCUT2D eigenvalue weighted by molar-refractivity contribution is -0.268. The van der Waals surface area contributed by atoms with E-state index in [9.17, 15) is 27.8 Å². The van der Waals surface area contributed by atoms with Gasteiger partial charge in [-0.05, 0) is 65.0 Å². The van der Waals surface area contributed by atoms with Crippen LogP contribution in [0.1, 0.15) is 38.7 Å². The summed E-state index contributed by atoms with van der Waals surface area (Å²) >= 11 is 4.17. The van der Waals surface area contributed by atoms with E-state index in [1.54, 1.807) is 18.4 Å². The van der Waals surface area contributed by atoms with Crippen LogP contribution in [-0.2, 0) is 6.42 Å². The molecule has 164 valence electrons. The van der Waals surface area contributed by atoms with Gasteiger partial charge in [-0.3, -0.25) is 4.99 Å². The number of alkyl halides is 3. The maximum atomic E-state index is 13.8. The molecule has 30 heavy (non-hydrogen) atoms. The van der Waals surface area contributed by atoms with Crippen LogP contribution in [0.15, 0.2) is 58.1 Å². The molecule has 1 unspecified atom stereocenters. The highest BCUT2D eigenvalue weighted by Crippen LogP contribution is 2.45. The Morgan fingerprint density at radius 2 is 1.97 bits per heavy atom. The molecule has 0 saturated heterocycles. The van der Waals surface area contributed by atoms with E-state index in [0.29, 0.717) is 12.0 Å². The third-order valence-corrected chi connectivity index (χ3v) is 5.01. The Balaban J connectivity index is 2.25. The molecule has 0 aliphatic carbocycles. The molecular weight excluding hydrogens is 418 g/mol. The van der Waals surface area contributed by atoms with Crippen LogP contribution in [0.25, 0.3) is 0 Å². The molecule has 0 fully saturated rings. The number of aliphatic imine (C=N–C) groups is 1. The number of phenolic OH excluding ortho intramolecular Hbond substituents is 1. The number of aliphatic hydroxyl groups is 1. The minimum absolute atomic E-state index is 0.0515. The summed E-state index contributed by atoms with van der Waals surface area (Å²) in [4.78, 5) is 4.04. The predicted octanol–water partition coefficient (Wildman–Crippen LogP) is 5.90. The summed E-state index contributed by atoms with van der Waals surface area (Å²) in [5, 5.41) is 20.5. The Morgan fingerprint density at radius 3 is 2.63 bits per heavy atom. The van der Waals surface area contributed by atoms with Gasteiger partial charge < -0.3 is 10.2 Å². The third kappa shape index (κ3) is 6.74. The summed E-state index contributed by atoms with van der Waals surface area (Å²) in [6, 6.07) is 3.30. The van der Waals surface area contributed by atoms with E-state index in [1.165, 1.54) is 26.1 Å². The predicted molar refractivity (Wildman–Crippen MR) is 113 cm³/mol. The van der Waals surface area contributed by atoms with Gasteiger partial charge in [0.2, 0.25) is 0 Å². The summed E-state index contributed by atoms with van der Waals surface area (Å²) in [6.45, 7) is 3.06. The number of benzene rings is 1. The molecule has 2 rings (SSSR count). The summed E-state index contributed by atoms with van der Waals surface area (Å²) in [5.74, 6) is -0.805. The number of halogens is 4. The van der Waals surface area contributed by atoms with Crippen molar-refractivity contribution in [3.8, 4) is 5.75 Å². The number of hydrogen-bond donors (Lipinski definition) is 3. The fourth-order valence-electron chi connectivity index (χ4n) is 3.48. The summed E-state index contributed by atoms with van der Waals surface area (Å²) < 4.78 is 55.0. The zero-order chi connectivity index (χ0) is 22.6. The van der Waals surface area contributed by atoms with Gasteiger partial charge >= 0.3 is 6.18 Å². The lowest BCUT2D eigenvalue weighted by atomic mass is 9.74. The van der Waals surface area contributed by atoms with E-state index < -0.39 is 35.9 Å².